The normalized spacial score (nSPS) is 15.3. The predicted molar refractivity (Wildman–Crippen MR) is 97.1 cm³/mol. The molecule has 0 atom stereocenters. The lowest BCUT2D eigenvalue weighted by molar-refractivity contribution is -0.123. The maximum Gasteiger partial charge on any atom is 0.230 e. The highest BCUT2D eigenvalue weighted by atomic mass is 19.1. The molecule has 1 aromatic heterocycles. The molecule has 1 amide bonds. The first-order valence-electron chi connectivity index (χ1n) is 8.71. The van der Waals surface area contributed by atoms with Crippen LogP contribution in [0.1, 0.15) is 29.7 Å². The molecule has 1 heterocycles. The number of para-hydroxylation sites is 1. The monoisotopic (exact) mass is 336 g/mol. The summed E-state index contributed by atoms with van der Waals surface area (Å²) in [6.07, 6.45) is 2.48. The van der Waals surface area contributed by atoms with Gasteiger partial charge in [-0.25, -0.2) is 4.39 Å². The third kappa shape index (κ3) is 2.82. The summed E-state index contributed by atoms with van der Waals surface area (Å²) >= 11 is 0. The molecule has 1 aliphatic carbocycles. The van der Waals surface area contributed by atoms with Crippen LogP contribution in [0.5, 0.6) is 0 Å². The average molecular weight is 336 g/mol. The van der Waals surface area contributed by atoms with Crippen molar-refractivity contribution in [1.82, 2.24) is 10.3 Å². The molecule has 4 rings (SSSR count). The zero-order valence-electron chi connectivity index (χ0n) is 14.2. The first kappa shape index (κ1) is 15.9. The number of H-pyrrole nitrogens is 1. The SMILES string of the molecule is Cc1[nH]c2ccccc2c1C1(C(=O)NCCc2ccc(F)cc2)CC1. The van der Waals surface area contributed by atoms with Crippen LogP contribution in [-0.4, -0.2) is 17.4 Å². The van der Waals surface area contributed by atoms with Crippen molar-refractivity contribution in [2.24, 2.45) is 0 Å². The van der Waals surface area contributed by atoms with Crippen molar-refractivity contribution in [3.05, 3.63) is 71.2 Å². The molecule has 0 radical (unpaired) electrons. The van der Waals surface area contributed by atoms with Crippen LogP contribution >= 0.6 is 0 Å². The number of benzene rings is 2. The molecule has 0 bridgehead atoms. The lowest BCUT2D eigenvalue weighted by atomic mass is 9.92. The molecule has 4 heteroatoms. The van der Waals surface area contributed by atoms with E-state index in [1.165, 1.54) is 12.1 Å². The van der Waals surface area contributed by atoms with E-state index >= 15 is 0 Å². The summed E-state index contributed by atoms with van der Waals surface area (Å²) in [5.74, 6) is -0.137. The lowest BCUT2D eigenvalue weighted by Gasteiger charge is -2.16. The molecule has 2 N–H and O–H groups in total. The second-order valence-corrected chi connectivity index (χ2v) is 6.89. The Morgan fingerprint density at radius 2 is 1.88 bits per heavy atom. The van der Waals surface area contributed by atoms with Gasteiger partial charge in [-0.1, -0.05) is 30.3 Å². The summed E-state index contributed by atoms with van der Waals surface area (Å²) in [5.41, 5.74) is 3.93. The summed E-state index contributed by atoms with van der Waals surface area (Å²) in [6.45, 7) is 2.61. The smallest absolute Gasteiger partial charge is 0.230 e. The van der Waals surface area contributed by atoms with E-state index in [1.54, 1.807) is 12.1 Å². The zero-order chi connectivity index (χ0) is 17.4. The van der Waals surface area contributed by atoms with Crippen LogP contribution in [0.15, 0.2) is 48.5 Å². The summed E-state index contributed by atoms with van der Waals surface area (Å²) in [4.78, 5) is 16.3. The molecular formula is C21H21FN2O. The van der Waals surface area contributed by atoms with E-state index in [0.717, 1.165) is 40.6 Å². The van der Waals surface area contributed by atoms with Crippen molar-refractivity contribution in [3.8, 4) is 0 Å². The number of carbonyl (C=O) groups is 1. The highest BCUT2D eigenvalue weighted by Gasteiger charge is 2.53. The van der Waals surface area contributed by atoms with E-state index < -0.39 is 5.41 Å². The summed E-state index contributed by atoms with van der Waals surface area (Å²) in [5, 5.41) is 4.23. The van der Waals surface area contributed by atoms with Crippen LogP contribution in [0.2, 0.25) is 0 Å². The van der Waals surface area contributed by atoms with Crippen LogP contribution < -0.4 is 5.32 Å². The molecule has 0 saturated heterocycles. The van der Waals surface area contributed by atoms with Gasteiger partial charge in [-0.3, -0.25) is 4.79 Å². The second-order valence-electron chi connectivity index (χ2n) is 6.89. The van der Waals surface area contributed by atoms with Gasteiger partial charge >= 0.3 is 0 Å². The van der Waals surface area contributed by atoms with Crippen molar-refractivity contribution in [2.45, 2.75) is 31.6 Å². The third-order valence-electron chi connectivity index (χ3n) is 5.17. The van der Waals surface area contributed by atoms with E-state index in [1.807, 2.05) is 25.1 Å². The largest absolute Gasteiger partial charge is 0.358 e. The van der Waals surface area contributed by atoms with Gasteiger partial charge in [0.2, 0.25) is 5.91 Å². The van der Waals surface area contributed by atoms with E-state index in [-0.39, 0.29) is 11.7 Å². The van der Waals surface area contributed by atoms with Gasteiger partial charge in [0.25, 0.3) is 0 Å². The maximum absolute atomic E-state index is 13.0. The van der Waals surface area contributed by atoms with Crippen LogP contribution in [0.3, 0.4) is 0 Å². The Labute approximate surface area is 146 Å². The van der Waals surface area contributed by atoms with E-state index in [4.69, 9.17) is 0 Å². The minimum Gasteiger partial charge on any atom is -0.358 e. The molecule has 1 aliphatic rings. The molecule has 1 fully saturated rings. The van der Waals surface area contributed by atoms with Crippen molar-refractivity contribution < 1.29 is 9.18 Å². The Hall–Kier alpha value is -2.62. The molecule has 25 heavy (non-hydrogen) atoms. The number of carbonyl (C=O) groups excluding carboxylic acids is 1. The predicted octanol–water partition coefficient (Wildman–Crippen LogP) is 4.01. The van der Waals surface area contributed by atoms with Crippen molar-refractivity contribution in [1.29, 1.82) is 0 Å². The van der Waals surface area contributed by atoms with Crippen LogP contribution in [0.4, 0.5) is 4.39 Å². The Morgan fingerprint density at radius 3 is 2.60 bits per heavy atom. The summed E-state index contributed by atoms with van der Waals surface area (Å²) < 4.78 is 13.0. The topological polar surface area (TPSA) is 44.9 Å². The molecule has 0 spiro atoms. The van der Waals surface area contributed by atoms with E-state index in [2.05, 4.69) is 16.4 Å². The molecule has 2 aromatic carbocycles. The van der Waals surface area contributed by atoms with Gasteiger partial charge < -0.3 is 10.3 Å². The molecule has 128 valence electrons. The lowest BCUT2D eigenvalue weighted by Crippen LogP contribution is -2.36. The number of fused-ring (bicyclic) bond motifs is 1. The van der Waals surface area contributed by atoms with Gasteiger partial charge in [-0.15, -0.1) is 0 Å². The van der Waals surface area contributed by atoms with Crippen molar-refractivity contribution in [2.75, 3.05) is 6.54 Å². The van der Waals surface area contributed by atoms with E-state index in [9.17, 15) is 9.18 Å². The molecule has 0 aliphatic heterocycles. The van der Waals surface area contributed by atoms with Gasteiger partial charge in [-0.2, -0.15) is 0 Å². The first-order valence-corrected chi connectivity index (χ1v) is 8.71. The van der Waals surface area contributed by atoms with E-state index in [0.29, 0.717) is 13.0 Å². The zero-order valence-corrected chi connectivity index (χ0v) is 14.2. The number of hydrogen-bond donors (Lipinski definition) is 2. The van der Waals surface area contributed by atoms with Gasteiger partial charge in [0.1, 0.15) is 5.82 Å². The first-order chi connectivity index (χ1) is 12.1. The molecule has 3 nitrogen and oxygen atoms in total. The second kappa shape index (κ2) is 6.03. The highest BCUT2D eigenvalue weighted by Crippen LogP contribution is 2.51. The minimum absolute atomic E-state index is 0.0995. The number of halogens is 1. The fourth-order valence-electron chi connectivity index (χ4n) is 3.75. The highest BCUT2D eigenvalue weighted by molar-refractivity contribution is 5.98. The number of aromatic amines is 1. The fourth-order valence-corrected chi connectivity index (χ4v) is 3.75. The van der Waals surface area contributed by atoms with Gasteiger partial charge in [0.05, 0.1) is 5.41 Å². The number of hydrogen-bond acceptors (Lipinski definition) is 1. The average Bonchev–Trinajstić information content (AvgIpc) is 3.33. The quantitative estimate of drug-likeness (QED) is 0.726. The molecular weight excluding hydrogens is 315 g/mol. The summed E-state index contributed by atoms with van der Waals surface area (Å²) in [7, 11) is 0. The molecule has 3 aromatic rings. The Bertz CT molecular complexity index is 923. The number of aromatic nitrogens is 1. The number of amides is 1. The van der Waals surface area contributed by atoms with Crippen LogP contribution in [0, 0.1) is 12.7 Å². The standard InChI is InChI=1S/C21H21FN2O/c1-14-19(17-4-2-3-5-18(17)24-14)21(11-12-21)20(25)23-13-10-15-6-8-16(22)9-7-15/h2-9,24H,10-13H2,1H3,(H,23,25). The number of aryl methyl sites for hydroxylation is 1. The Balaban J connectivity index is 1.49. The number of nitrogens with one attached hydrogen (secondary N) is 2. The van der Waals surface area contributed by atoms with Gasteiger partial charge in [0, 0.05) is 23.1 Å². The molecule has 1 saturated carbocycles. The van der Waals surface area contributed by atoms with Crippen LogP contribution in [0.25, 0.3) is 10.9 Å². The minimum atomic E-state index is -0.396. The fraction of sp³-hybridized carbons (Fsp3) is 0.286. The Kier molecular flexibility index (Phi) is 3.83. The summed E-state index contributed by atoms with van der Waals surface area (Å²) in [6, 6.07) is 14.6. The van der Waals surface area contributed by atoms with Crippen LogP contribution in [-0.2, 0) is 16.6 Å². The van der Waals surface area contributed by atoms with Gasteiger partial charge in [-0.05, 0) is 55.5 Å². The maximum atomic E-state index is 13.0. The van der Waals surface area contributed by atoms with Gasteiger partial charge in [0.15, 0.2) is 0 Å². The Morgan fingerprint density at radius 1 is 1.16 bits per heavy atom. The van der Waals surface area contributed by atoms with Crippen molar-refractivity contribution in [3.63, 3.8) is 0 Å². The van der Waals surface area contributed by atoms with Crippen molar-refractivity contribution >= 4 is 16.8 Å². The third-order valence-corrected chi connectivity index (χ3v) is 5.17. The molecule has 0 unspecified atom stereocenters. The number of rotatable bonds is 5.